The minimum Gasteiger partial charge on any atom is -0.380 e. The summed E-state index contributed by atoms with van der Waals surface area (Å²) < 4.78 is 5.16. The van der Waals surface area contributed by atoms with E-state index in [4.69, 9.17) is 4.74 Å². The molecule has 1 fully saturated rings. The summed E-state index contributed by atoms with van der Waals surface area (Å²) >= 11 is 0. The van der Waals surface area contributed by atoms with Crippen molar-refractivity contribution in [2.45, 2.75) is 18.9 Å². The molecule has 4 heteroatoms. The van der Waals surface area contributed by atoms with Crippen LogP contribution in [-0.4, -0.2) is 25.0 Å². The Balaban J connectivity index is 1.43. The van der Waals surface area contributed by atoms with Crippen molar-refractivity contribution in [3.05, 3.63) is 84.2 Å². The summed E-state index contributed by atoms with van der Waals surface area (Å²) in [5.41, 5.74) is 5.36. The third-order valence-corrected chi connectivity index (χ3v) is 5.36. The molecule has 2 atom stereocenters. The SMILES string of the molecule is COCc1ccc(-c2ccc(N(C)C(=O)C3CC3c3ccccn3)cc2)cc1. The fourth-order valence-corrected chi connectivity index (χ4v) is 3.60. The number of rotatable bonds is 6. The lowest BCUT2D eigenvalue weighted by Gasteiger charge is -2.18. The topological polar surface area (TPSA) is 42.4 Å². The highest BCUT2D eigenvalue weighted by Gasteiger charge is 2.46. The van der Waals surface area contributed by atoms with Gasteiger partial charge in [0.15, 0.2) is 0 Å². The number of carbonyl (C=O) groups excluding carboxylic acids is 1. The van der Waals surface area contributed by atoms with Crippen molar-refractivity contribution < 1.29 is 9.53 Å². The second kappa shape index (κ2) is 7.95. The number of hydrogen-bond acceptors (Lipinski definition) is 3. The summed E-state index contributed by atoms with van der Waals surface area (Å²) in [4.78, 5) is 19.0. The van der Waals surface area contributed by atoms with E-state index in [0.29, 0.717) is 6.61 Å². The maximum absolute atomic E-state index is 12.8. The minimum atomic E-state index is 0.0351. The highest BCUT2D eigenvalue weighted by Crippen LogP contribution is 2.47. The van der Waals surface area contributed by atoms with E-state index in [9.17, 15) is 4.79 Å². The summed E-state index contributed by atoms with van der Waals surface area (Å²) in [6.45, 7) is 0.618. The van der Waals surface area contributed by atoms with Crippen molar-refractivity contribution in [1.29, 1.82) is 0 Å². The molecule has 2 unspecified atom stereocenters. The number of amides is 1. The summed E-state index contributed by atoms with van der Waals surface area (Å²) in [6.07, 6.45) is 2.67. The van der Waals surface area contributed by atoms with Gasteiger partial charge in [0.05, 0.1) is 6.61 Å². The zero-order valence-electron chi connectivity index (χ0n) is 16.2. The lowest BCUT2D eigenvalue weighted by Crippen LogP contribution is -2.28. The Morgan fingerprint density at radius 3 is 2.32 bits per heavy atom. The van der Waals surface area contributed by atoms with Gasteiger partial charge in [-0.05, 0) is 47.4 Å². The zero-order chi connectivity index (χ0) is 19.5. The molecule has 4 rings (SSSR count). The molecule has 1 saturated carbocycles. The van der Waals surface area contributed by atoms with Gasteiger partial charge < -0.3 is 9.64 Å². The Hall–Kier alpha value is -2.98. The molecule has 1 amide bonds. The molecular formula is C24H24N2O2. The van der Waals surface area contributed by atoms with Crippen molar-refractivity contribution in [1.82, 2.24) is 4.98 Å². The number of ether oxygens (including phenoxy) is 1. The number of carbonyl (C=O) groups is 1. The molecule has 0 spiro atoms. The number of hydrogen-bond donors (Lipinski definition) is 0. The van der Waals surface area contributed by atoms with E-state index in [2.05, 4.69) is 41.4 Å². The van der Waals surface area contributed by atoms with Crippen molar-refractivity contribution in [3.63, 3.8) is 0 Å². The first kappa shape index (κ1) is 18.4. The monoisotopic (exact) mass is 372 g/mol. The van der Waals surface area contributed by atoms with Gasteiger partial charge in [0, 0.05) is 43.6 Å². The molecule has 0 bridgehead atoms. The second-order valence-electron chi connectivity index (χ2n) is 7.28. The molecule has 0 N–H and O–H groups in total. The highest BCUT2D eigenvalue weighted by molar-refractivity contribution is 5.97. The van der Waals surface area contributed by atoms with E-state index in [-0.39, 0.29) is 17.7 Å². The van der Waals surface area contributed by atoms with Crippen molar-refractivity contribution in [3.8, 4) is 11.1 Å². The van der Waals surface area contributed by atoms with Gasteiger partial charge in [-0.1, -0.05) is 42.5 Å². The number of anilines is 1. The molecule has 28 heavy (non-hydrogen) atoms. The van der Waals surface area contributed by atoms with Crippen molar-refractivity contribution in [2.75, 3.05) is 19.1 Å². The van der Waals surface area contributed by atoms with Crippen LogP contribution in [0, 0.1) is 5.92 Å². The summed E-state index contributed by atoms with van der Waals surface area (Å²) in [5, 5.41) is 0. The lowest BCUT2D eigenvalue weighted by atomic mass is 10.0. The number of nitrogens with zero attached hydrogens (tertiary/aromatic N) is 2. The number of benzene rings is 2. The van der Waals surface area contributed by atoms with Gasteiger partial charge in [-0.3, -0.25) is 9.78 Å². The van der Waals surface area contributed by atoms with Crippen molar-refractivity contribution >= 4 is 11.6 Å². The quantitative estimate of drug-likeness (QED) is 0.632. The molecule has 3 aromatic rings. The molecule has 2 aromatic carbocycles. The third kappa shape index (κ3) is 3.82. The van der Waals surface area contributed by atoms with Crippen molar-refractivity contribution in [2.24, 2.45) is 5.92 Å². The summed E-state index contributed by atoms with van der Waals surface area (Å²) in [7, 11) is 3.55. The predicted octanol–water partition coefficient (Wildman–Crippen LogP) is 4.66. The Labute approximate surface area is 165 Å². The first-order valence-corrected chi connectivity index (χ1v) is 9.54. The van der Waals surface area contributed by atoms with Gasteiger partial charge in [-0.2, -0.15) is 0 Å². The average molecular weight is 372 g/mol. The van der Waals surface area contributed by atoms with Gasteiger partial charge >= 0.3 is 0 Å². The number of pyridine rings is 1. The Morgan fingerprint density at radius 2 is 1.71 bits per heavy atom. The first-order chi connectivity index (χ1) is 13.7. The smallest absolute Gasteiger partial charge is 0.230 e. The van der Waals surface area contributed by atoms with Gasteiger partial charge in [0.1, 0.15) is 0 Å². The third-order valence-electron chi connectivity index (χ3n) is 5.36. The Bertz CT molecular complexity index is 937. The predicted molar refractivity (Wildman–Crippen MR) is 111 cm³/mol. The Kier molecular flexibility index (Phi) is 5.22. The van der Waals surface area contributed by atoms with Crippen LogP contribution in [0.4, 0.5) is 5.69 Å². The molecule has 142 valence electrons. The highest BCUT2D eigenvalue weighted by atomic mass is 16.5. The molecule has 1 aliphatic carbocycles. The van der Waals surface area contributed by atoms with Crippen LogP contribution in [0.5, 0.6) is 0 Å². The summed E-state index contributed by atoms with van der Waals surface area (Å²) in [5.74, 6) is 0.446. The van der Waals surface area contributed by atoms with E-state index in [0.717, 1.165) is 34.5 Å². The molecular weight excluding hydrogens is 348 g/mol. The van der Waals surface area contributed by atoms with Gasteiger partial charge in [0.25, 0.3) is 0 Å². The van der Waals surface area contributed by atoms with Crippen LogP contribution < -0.4 is 4.90 Å². The molecule has 1 aliphatic rings. The maximum atomic E-state index is 12.8. The van der Waals surface area contributed by atoms with Gasteiger partial charge in [-0.25, -0.2) is 0 Å². The molecule has 0 aliphatic heterocycles. The molecule has 1 heterocycles. The van der Waals surface area contributed by atoms with Crippen LogP contribution in [0.1, 0.15) is 23.6 Å². The van der Waals surface area contributed by atoms with Crippen LogP contribution in [0.25, 0.3) is 11.1 Å². The van der Waals surface area contributed by atoms with Crippen LogP contribution >= 0.6 is 0 Å². The molecule has 1 aromatic heterocycles. The molecule has 0 saturated heterocycles. The second-order valence-corrected chi connectivity index (χ2v) is 7.28. The van der Waals surface area contributed by atoms with Crippen LogP contribution in [0.2, 0.25) is 0 Å². The normalized spacial score (nSPS) is 17.9. The largest absolute Gasteiger partial charge is 0.380 e. The minimum absolute atomic E-state index is 0.0351. The van der Waals surface area contributed by atoms with Gasteiger partial charge in [0.2, 0.25) is 5.91 Å². The molecule has 4 nitrogen and oxygen atoms in total. The fourth-order valence-electron chi connectivity index (χ4n) is 3.60. The lowest BCUT2D eigenvalue weighted by molar-refractivity contribution is -0.119. The van der Waals surface area contributed by atoms with E-state index in [1.165, 1.54) is 0 Å². The van der Waals surface area contributed by atoms with Crippen LogP contribution in [0.15, 0.2) is 72.9 Å². The first-order valence-electron chi connectivity index (χ1n) is 9.54. The molecule has 0 radical (unpaired) electrons. The van der Waals surface area contributed by atoms with E-state index in [1.54, 1.807) is 18.2 Å². The average Bonchev–Trinajstić information content (AvgIpc) is 3.55. The van der Waals surface area contributed by atoms with E-state index in [1.807, 2.05) is 37.4 Å². The number of methoxy groups -OCH3 is 1. The zero-order valence-corrected chi connectivity index (χ0v) is 16.2. The number of aromatic nitrogens is 1. The van der Waals surface area contributed by atoms with Crippen LogP contribution in [-0.2, 0) is 16.1 Å². The maximum Gasteiger partial charge on any atom is 0.230 e. The van der Waals surface area contributed by atoms with Gasteiger partial charge in [-0.15, -0.1) is 0 Å². The van der Waals surface area contributed by atoms with E-state index >= 15 is 0 Å². The standard InChI is InChI=1S/C24H24N2O2/c1-26(24(27)22-15-21(22)23-5-3-4-14-25-23)20-12-10-19(11-13-20)18-8-6-17(7-9-18)16-28-2/h3-14,21-22H,15-16H2,1-2H3. The van der Waals surface area contributed by atoms with Crippen LogP contribution in [0.3, 0.4) is 0 Å². The Morgan fingerprint density at radius 1 is 1.04 bits per heavy atom. The van der Waals surface area contributed by atoms with E-state index < -0.39 is 0 Å². The summed E-state index contributed by atoms with van der Waals surface area (Å²) in [6, 6.07) is 22.4. The fraction of sp³-hybridized carbons (Fsp3) is 0.250.